The van der Waals surface area contributed by atoms with E-state index in [2.05, 4.69) is 13.8 Å². The van der Waals surface area contributed by atoms with E-state index in [0.717, 1.165) is 30.8 Å². The van der Waals surface area contributed by atoms with Crippen LogP contribution in [0.15, 0.2) is 54.6 Å². The molecule has 0 aromatic heterocycles. The van der Waals surface area contributed by atoms with Crippen LogP contribution in [0, 0.1) is 0 Å². The number of hydrogen-bond donors (Lipinski definition) is 0. The third-order valence-corrected chi connectivity index (χ3v) is 4.77. The van der Waals surface area contributed by atoms with Gasteiger partial charge in [0, 0.05) is 6.08 Å². The lowest BCUT2D eigenvalue weighted by Crippen LogP contribution is -2.03. The summed E-state index contributed by atoms with van der Waals surface area (Å²) in [6.45, 7) is 5.15. The second-order valence-corrected chi connectivity index (χ2v) is 7.33. The number of unbranched alkanes of at least 4 members (excludes halogenated alkanes) is 5. The molecule has 0 N–H and O–H groups in total. The molecule has 2 aromatic carbocycles. The fourth-order valence-electron chi connectivity index (χ4n) is 2.99. The van der Waals surface area contributed by atoms with Crippen LogP contribution in [-0.4, -0.2) is 12.6 Å². The predicted octanol–water partition coefficient (Wildman–Crippen LogP) is 7.00. The molecule has 3 heteroatoms. The molecular formula is C26H34O3. The number of rotatable bonds is 13. The molecular weight excluding hydrogens is 360 g/mol. The second kappa shape index (κ2) is 13.6. The summed E-state index contributed by atoms with van der Waals surface area (Å²) in [7, 11) is 0. The van der Waals surface area contributed by atoms with Crippen molar-refractivity contribution in [2.45, 2.75) is 65.2 Å². The average molecular weight is 395 g/mol. The average Bonchev–Trinajstić information content (AvgIpc) is 2.75. The molecule has 0 amide bonds. The van der Waals surface area contributed by atoms with Gasteiger partial charge in [-0.1, -0.05) is 70.2 Å². The van der Waals surface area contributed by atoms with Gasteiger partial charge in [-0.15, -0.1) is 0 Å². The lowest BCUT2D eigenvalue weighted by atomic mass is 10.1. The Balaban J connectivity index is 1.73. The molecule has 156 valence electrons. The number of ether oxygens (including phenoxy) is 2. The van der Waals surface area contributed by atoms with Gasteiger partial charge in [0.1, 0.15) is 11.5 Å². The second-order valence-electron chi connectivity index (χ2n) is 7.33. The smallest absolute Gasteiger partial charge is 0.336 e. The Bertz CT molecular complexity index is 730. The number of benzene rings is 2. The largest absolute Gasteiger partial charge is 0.494 e. The predicted molar refractivity (Wildman–Crippen MR) is 120 cm³/mol. The summed E-state index contributed by atoms with van der Waals surface area (Å²) in [6, 6.07) is 15.5. The molecule has 0 radical (unpaired) electrons. The van der Waals surface area contributed by atoms with Crippen molar-refractivity contribution in [3.05, 3.63) is 65.7 Å². The number of carbonyl (C=O) groups excluding carboxylic acids is 1. The molecule has 0 heterocycles. The zero-order valence-corrected chi connectivity index (χ0v) is 17.9. The molecule has 0 aliphatic rings. The van der Waals surface area contributed by atoms with Crippen LogP contribution in [0.2, 0.25) is 0 Å². The van der Waals surface area contributed by atoms with E-state index in [4.69, 9.17) is 9.47 Å². The molecule has 0 bridgehead atoms. The van der Waals surface area contributed by atoms with E-state index in [-0.39, 0.29) is 5.97 Å². The summed E-state index contributed by atoms with van der Waals surface area (Å²) < 4.78 is 11.1. The first-order chi connectivity index (χ1) is 14.2. The Hall–Kier alpha value is -2.55. The molecule has 2 rings (SSSR count). The van der Waals surface area contributed by atoms with Gasteiger partial charge in [-0.2, -0.15) is 0 Å². The highest BCUT2D eigenvalue weighted by Gasteiger charge is 2.01. The first kappa shape index (κ1) is 22.7. The van der Waals surface area contributed by atoms with Crippen LogP contribution in [0.1, 0.15) is 69.9 Å². The lowest BCUT2D eigenvalue weighted by molar-refractivity contribution is -0.128. The highest BCUT2D eigenvalue weighted by atomic mass is 16.5. The molecule has 2 aromatic rings. The maximum Gasteiger partial charge on any atom is 0.336 e. The topological polar surface area (TPSA) is 35.5 Å². The van der Waals surface area contributed by atoms with Crippen molar-refractivity contribution in [3.8, 4) is 11.5 Å². The zero-order valence-electron chi connectivity index (χ0n) is 17.9. The van der Waals surface area contributed by atoms with Crippen LogP contribution in [0.3, 0.4) is 0 Å². The van der Waals surface area contributed by atoms with Crippen molar-refractivity contribution < 1.29 is 14.3 Å². The Morgan fingerprint density at radius 1 is 0.793 bits per heavy atom. The highest BCUT2D eigenvalue weighted by molar-refractivity contribution is 5.88. The lowest BCUT2D eigenvalue weighted by Gasteiger charge is -2.06. The summed E-state index contributed by atoms with van der Waals surface area (Å²) in [6.07, 6.45) is 12.8. The Morgan fingerprint density at radius 3 is 2.14 bits per heavy atom. The maximum absolute atomic E-state index is 12.0. The standard InChI is InChI=1S/C26H34O3/c1-3-5-7-8-9-21-28-24-16-11-23(12-17-24)15-20-26(27)29-25-18-13-22(14-19-25)10-6-4-2/h11-20H,3-10,21H2,1-2H3. The van der Waals surface area contributed by atoms with E-state index >= 15 is 0 Å². The molecule has 0 spiro atoms. The Labute approximate surface area is 175 Å². The Morgan fingerprint density at radius 2 is 1.45 bits per heavy atom. The molecule has 0 fully saturated rings. The first-order valence-corrected chi connectivity index (χ1v) is 10.9. The van der Waals surface area contributed by atoms with E-state index in [0.29, 0.717) is 5.75 Å². The number of esters is 1. The summed E-state index contributed by atoms with van der Waals surface area (Å²) in [5.74, 6) is 1.06. The fraction of sp³-hybridized carbons (Fsp3) is 0.423. The summed E-state index contributed by atoms with van der Waals surface area (Å²) in [4.78, 5) is 12.0. The van der Waals surface area contributed by atoms with Gasteiger partial charge in [0.05, 0.1) is 6.61 Å². The molecule has 0 aliphatic heterocycles. The minimum absolute atomic E-state index is 0.376. The minimum Gasteiger partial charge on any atom is -0.494 e. The molecule has 0 atom stereocenters. The normalized spacial score (nSPS) is 11.0. The summed E-state index contributed by atoms with van der Waals surface area (Å²) in [5.41, 5.74) is 2.21. The van der Waals surface area contributed by atoms with E-state index < -0.39 is 0 Å². The van der Waals surface area contributed by atoms with Gasteiger partial charge in [0.2, 0.25) is 0 Å². The van der Waals surface area contributed by atoms with Crippen molar-refractivity contribution in [2.24, 2.45) is 0 Å². The van der Waals surface area contributed by atoms with E-state index in [1.807, 2.05) is 48.5 Å². The SMILES string of the molecule is CCCCCCCOc1ccc(C=CC(=O)Oc2ccc(CCCC)cc2)cc1. The number of hydrogen-bond acceptors (Lipinski definition) is 3. The van der Waals surface area contributed by atoms with Gasteiger partial charge in [0.15, 0.2) is 0 Å². The fourth-order valence-corrected chi connectivity index (χ4v) is 2.99. The van der Waals surface area contributed by atoms with Crippen LogP contribution in [-0.2, 0) is 11.2 Å². The molecule has 0 aliphatic carbocycles. The van der Waals surface area contributed by atoms with Gasteiger partial charge in [0.25, 0.3) is 0 Å². The monoisotopic (exact) mass is 394 g/mol. The third kappa shape index (κ3) is 9.47. The molecule has 3 nitrogen and oxygen atoms in total. The van der Waals surface area contributed by atoms with Crippen LogP contribution >= 0.6 is 0 Å². The number of carbonyl (C=O) groups is 1. The quantitative estimate of drug-likeness (QED) is 0.159. The molecule has 0 unspecified atom stereocenters. The maximum atomic E-state index is 12.0. The third-order valence-electron chi connectivity index (χ3n) is 4.77. The summed E-state index contributed by atoms with van der Waals surface area (Å²) >= 11 is 0. The van der Waals surface area contributed by atoms with Crippen LogP contribution in [0.25, 0.3) is 6.08 Å². The van der Waals surface area contributed by atoms with Crippen LogP contribution in [0.5, 0.6) is 11.5 Å². The van der Waals surface area contributed by atoms with Crippen molar-refractivity contribution in [3.63, 3.8) is 0 Å². The van der Waals surface area contributed by atoms with Crippen molar-refractivity contribution in [1.82, 2.24) is 0 Å². The van der Waals surface area contributed by atoms with Crippen molar-refractivity contribution in [2.75, 3.05) is 6.61 Å². The minimum atomic E-state index is -0.376. The first-order valence-electron chi connectivity index (χ1n) is 10.9. The van der Waals surface area contributed by atoms with E-state index in [1.54, 1.807) is 6.08 Å². The summed E-state index contributed by atoms with van der Waals surface area (Å²) in [5, 5.41) is 0. The van der Waals surface area contributed by atoms with E-state index in [1.165, 1.54) is 50.2 Å². The molecule has 0 saturated carbocycles. The molecule has 0 saturated heterocycles. The number of aryl methyl sites for hydroxylation is 1. The van der Waals surface area contributed by atoms with Crippen molar-refractivity contribution >= 4 is 12.0 Å². The van der Waals surface area contributed by atoms with Gasteiger partial charge < -0.3 is 9.47 Å². The van der Waals surface area contributed by atoms with Crippen molar-refractivity contribution in [1.29, 1.82) is 0 Å². The van der Waals surface area contributed by atoms with Crippen LogP contribution in [0.4, 0.5) is 0 Å². The van der Waals surface area contributed by atoms with Gasteiger partial charge in [-0.05, 0) is 60.7 Å². The van der Waals surface area contributed by atoms with Gasteiger partial charge >= 0.3 is 5.97 Å². The van der Waals surface area contributed by atoms with Crippen LogP contribution < -0.4 is 9.47 Å². The zero-order chi connectivity index (χ0) is 20.7. The Kier molecular flexibility index (Phi) is 10.7. The van der Waals surface area contributed by atoms with E-state index in [9.17, 15) is 4.79 Å². The van der Waals surface area contributed by atoms with Gasteiger partial charge in [-0.3, -0.25) is 0 Å². The molecule has 29 heavy (non-hydrogen) atoms. The van der Waals surface area contributed by atoms with Gasteiger partial charge in [-0.25, -0.2) is 4.79 Å². The highest BCUT2D eigenvalue weighted by Crippen LogP contribution is 2.16.